The average molecular weight is 343 g/mol. The zero-order valence-corrected chi connectivity index (χ0v) is 13.5. The molecule has 0 saturated heterocycles. The molecule has 0 atom stereocenters. The van der Waals surface area contributed by atoms with Crippen molar-refractivity contribution in [2.45, 2.75) is 6.54 Å². The number of carbonyl (C=O) groups is 2. The van der Waals surface area contributed by atoms with Gasteiger partial charge in [-0.1, -0.05) is 35.9 Å². The van der Waals surface area contributed by atoms with Crippen molar-refractivity contribution in [3.8, 4) is 0 Å². The highest BCUT2D eigenvalue weighted by atomic mass is 35.5. The lowest BCUT2D eigenvalue weighted by atomic mass is 10.2. The summed E-state index contributed by atoms with van der Waals surface area (Å²) < 4.78 is 1.60. The zero-order chi connectivity index (χ0) is 16.9. The fraction of sp³-hybridized carbons (Fsp3) is 0.118. The minimum atomic E-state index is -0.397. The second-order valence-corrected chi connectivity index (χ2v) is 5.56. The van der Waals surface area contributed by atoms with E-state index in [0.717, 1.165) is 11.1 Å². The second-order valence-electron chi connectivity index (χ2n) is 5.15. The lowest BCUT2D eigenvalue weighted by Gasteiger charge is -2.07. The van der Waals surface area contributed by atoms with Crippen LogP contribution in [-0.2, 0) is 11.3 Å². The summed E-state index contributed by atoms with van der Waals surface area (Å²) in [5.74, 6) is -0.696. The van der Waals surface area contributed by atoms with Crippen molar-refractivity contribution in [3.63, 3.8) is 0 Å². The molecule has 0 aliphatic heterocycles. The van der Waals surface area contributed by atoms with E-state index in [1.165, 1.54) is 0 Å². The number of hydrogen-bond donors (Lipinski definition) is 2. The number of carbonyl (C=O) groups excluding carboxylic acids is 2. The van der Waals surface area contributed by atoms with E-state index in [0.29, 0.717) is 11.6 Å². The van der Waals surface area contributed by atoms with Gasteiger partial charge in [-0.3, -0.25) is 9.59 Å². The third-order valence-electron chi connectivity index (χ3n) is 3.45. The summed E-state index contributed by atoms with van der Waals surface area (Å²) in [6, 6.07) is 14.5. The first-order valence-corrected chi connectivity index (χ1v) is 7.74. The van der Waals surface area contributed by atoms with Gasteiger partial charge < -0.3 is 10.6 Å². The monoisotopic (exact) mass is 342 g/mol. The summed E-state index contributed by atoms with van der Waals surface area (Å²) in [4.78, 5) is 23.9. The third kappa shape index (κ3) is 3.72. The van der Waals surface area contributed by atoms with E-state index >= 15 is 0 Å². The number of aromatic nitrogens is 2. The minimum Gasteiger partial charge on any atom is -0.350 e. The summed E-state index contributed by atoms with van der Waals surface area (Å²) in [5.41, 5.74) is 1.89. The molecule has 0 bridgehead atoms. The lowest BCUT2D eigenvalue weighted by molar-refractivity contribution is -0.120. The first kappa shape index (κ1) is 16.0. The SMILES string of the molecule is O=C(CNC(=O)c1cc2ccccn2n1)NCc1ccccc1Cl. The molecule has 0 saturated carbocycles. The van der Waals surface area contributed by atoms with Crippen LogP contribution in [0.25, 0.3) is 5.52 Å². The van der Waals surface area contributed by atoms with Crippen LogP contribution in [0.2, 0.25) is 5.02 Å². The maximum Gasteiger partial charge on any atom is 0.272 e. The van der Waals surface area contributed by atoms with Crippen molar-refractivity contribution in [1.29, 1.82) is 0 Å². The summed E-state index contributed by atoms with van der Waals surface area (Å²) in [6.07, 6.45) is 1.75. The normalized spacial score (nSPS) is 10.5. The van der Waals surface area contributed by atoms with Crippen molar-refractivity contribution in [1.82, 2.24) is 20.2 Å². The molecule has 0 aliphatic rings. The first-order chi connectivity index (χ1) is 11.6. The Balaban J connectivity index is 1.52. The predicted molar refractivity (Wildman–Crippen MR) is 90.8 cm³/mol. The van der Waals surface area contributed by atoms with Crippen LogP contribution in [0.15, 0.2) is 54.7 Å². The lowest BCUT2D eigenvalue weighted by Crippen LogP contribution is -2.36. The summed E-state index contributed by atoms with van der Waals surface area (Å²) in [6.45, 7) is 0.180. The number of amides is 2. The number of pyridine rings is 1. The average Bonchev–Trinajstić information content (AvgIpc) is 3.03. The topological polar surface area (TPSA) is 75.5 Å². The molecule has 2 aromatic heterocycles. The number of rotatable bonds is 5. The second kappa shape index (κ2) is 7.14. The van der Waals surface area contributed by atoms with Crippen molar-refractivity contribution in [2.24, 2.45) is 0 Å². The van der Waals surface area contributed by atoms with Crippen LogP contribution in [0.5, 0.6) is 0 Å². The van der Waals surface area contributed by atoms with Gasteiger partial charge in [-0.15, -0.1) is 0 Å². The van der Waals surface area contributed by atoms with Gasteiger partial charge in [0.15, 0.2) is 5.69 Å². The van der Waals surface area contributed by atoms with Crippen molar-refractivity contribution in [3.05, 3.63) is 71.0 Å². The van der Waals surface area contributed by atoms with Gasteiger partial charge in [0.2, 0.25) is 5.91 Å². The largest absolute Gasteiger partial charge is 0.350 e. The Kier molecular flexibility index (Phi) is 4.77. The maximum atomic E-state index is 12.1. The number of nitrogens with one attached hydrogen (secondary N) is 2. The smallest absolute Gasteiger partial charge is 0.272 e. The molecule has 0 spiro atoms. The predicted octanol–water partition coefficient (Wildman–Crippen LogP) is 2.03. The number of nitrogens with zero attached hydrogens (tertiary/aromatic N) is 2. The molecule has 0 unspecified atom stereocenters. The molecule has 24 heavy (non-hydrogen) atoms. The Morgan fingerprint density at radius 2 is 1.88 bits per heavy atom. The molecule has 0 radical (unpaired) electrons. The van der Waals surface area contributed by atoms with E-state index in [-0.39, 0.29) is 18.1 Å². The molecular weight excluding hydrogens is 328 g/mol. The van der Waals surface area contributed by atoms with Crippen LogP contribution in [0.1, 0.15) is 16.1 Å². The Hall–Kier alpha value is -2.86. The molecule has 2 N–H and O–H groups in total. The number of benzene rings is 1. The van der Waals surface area contributed by atoms with E-state index in [2.05, 4.69) is 15.7 Å². The Labute approximate surface area is 143 Å². The van der Waals surface area contributed by atoms with Gasteiger partial charge in [0, 0.05) is 17.8 Å². The standard InChI is InChI=1S/C17H15ClN4O2/c18-14-7-2-1-5-12(14)10-19-16(23)11-20-17(24)15-9-13-6-3-4-8-22(13)21-15/h1-9H,10-11H2,(H,19,23)(H,20,24). The van der Waals surface area contributed by atoms with E-state index in [4.69, 9.17) is 11.6 Å². The van der Waals surface area contributed by atoms with Crippen LogP contribution in [0.3, 0.4) is 0 Å². The minimum absolute atomic E-state index is 0.128. The van der Waals surface area contributed by atoms with Crippen molar-refractivity contribution >= 4 is 28.9 Å². The van der Waals surface area contributed by atoms with Gasteiger partial charge in [0.1, 0.15) is 0 Å². The van der Waals surface area contributed by atoms with Gasteiger partial charge in [-0.05, 0) is 29.8 Å². The van der Waals surface area contributed by atoms with E-state index in [9.17, 15) is 9.59 Å². The highest BCUT2D eigenvalue weighted by Gasteiger charge is 2.12. The Morgan fingerprint density at radius 1 is 1.08 bits per heavy atom. The Morgan fingerprint density at radius 3 is 2.67 bits per heavy atom. The van der Waals surface area contributed by atoms with E-state index in [1.807, 2.05) is 36.4 Å². The molecule has 0 fully saturated rings. The molecule has 2 amide bonds. The highest BCUT2D eigenvalue weighted by molar-refractivity contribution is 6.31. The Bertz CT molecular complexity index is 858. The van der Waals surface area contributed by atoms with Gasteiger partial charge in [0.25, 0.3) is 5.91 Å². The molecule has 1 aromatic carbocycles. The summed E-state index contributed by atoms with van der Waals surface area (Å²) >= 11 is 6.02. The summed E-state index contributed by atoms with van der Waals surface area (Å²) in [5, 5.41) is 10.0. The van der Waals surface area contributed by atoms with Gasteiger partial charge in [0.05, 0.1) is 12.1 Å². The third-order valence-corrected chi connectivity index (χ3v) is 3.81. The summed E-state index contributed by atoms with van der Waals surface area (Å²) in [7, 11) is 0. The molecule has 2 heterocycles. The quantitative estimate of drug-likeness (QED) is 0.745. The van der Waals surface area contributed by atoms with Gasteiger partial charge in [-0.25, -0.2) is 4.52 Å². The van der Waals surface area contributed by atoms with E-state index in [1.54, 1.807) is 22.8 Å². The highest BCUT2D eigenvalue weighted by Crippen LogP contribution is 2.14. The molecule has 3 aromatic rings. The van der Waals surface area contributed by atoms with E-state index < -0.39 is 5.91 Å². The molecule has 0 aliphatic carbocycles. The van der Waals surface area contributed by atoms with Crippen molar-refractivity contribution < 1.29 is 9.59 Å². The van der Waals surface area contributed by atoms with Crippen LogP contribution in [-0.4, -0.2) is 28.0 Å². The number of halogens is 1. The fourth-order valence-corrected chi connectivity index (χ4v) is 2.40. The van der Waals surface area contributed by atoms with Crippen molar-refractivity contribution in [2.75, 3.05) is 6.54 Å². The number of fused-ring (bicyclic) bond motifs is 1. The molecule has 122 valence electrons. The molecule has 3 rings (SSSR count). The van der Waals surface area contributed by atoms with Crippen LogP contribution >= 0.6 is 11.6 Å². The molecular formula is C17H15ClN4O2. The molecule has 6 nitrogen and oxygen atoms in total. The number of hydrogen-bond acceptors (Lipinski definition) is 3. The molecule has 7 heteroatoms. The zero-order valence-electron chi connectivity index (χ0n) is 12.7. The maximum absolute atomic E-state index is 12.1. The van der Waals surface area contributed by atoms with Gasteiger partial charge >= 0.3 is 0 Å². The van der Waals surface area contributed by atoms with Crippen LogP contribution < -0.4 is 10.6 Å². The first-order valence-electron chi connectivity index (χ1n) is 7.36. The fourth-order valence-electron chi connectivity index (χ4n) is 2.20. The van der Waals surface area contributed by atoms with Crippen LogP contribution in [0, 0.1) is 0 Å². The van der Waals surface area contributed by atoms with Gasteiger partial charge in [-0.2, -0.15) is 5.10 Å². The van der Waals surface area contributed by atoms with Crippen LogP contribution in [0.4, 0.5) is 0 Å².